The van der Waals surface area contributed by atoms with Gasteiger partial charge in [0.2, 0.25) is 0 Å². The minimum atomic E-state index is -0.0682. The predicted octanol–water partition coefficient (Wildman–Crippen LogP) is 2.53. The zero-order chi connectivity index (χ0) is 8.74. The van der Waals surface area contributed by atoms with Crippen molar-refractivity contribution in [3.63, 3.8) is 0 Å². The highest BCUT2D eigenvalue weighted by atomic mass is 16.3. The van der Waals surface area contributed by atoms with Gasteiger partial charge < -0.3 is 5.11 Å². The fourth-order valence-electron chi connectivity index (χ4n) is 0.975. The molecule has 64 valence electrons. The lowest BCUT2D eigenvalue weighted by molar-refractivity contribution is 0.186. The molecule has 1 heteroatoms. The number of aliphatic hydroxyl groups excluding tert-OH is 1. The quantitative estimate of drug-likeness (QED) is 0.617. The van der Waals surface area contributed by atoms with Crippen molar-refractivity contribution in [3.8, 4) is 0 Å². The van der Waals surface area contributed by atoms with Gasteiger partial charge in [-0.1, -0.05) is 31.2 Å². The van der Waals surface area contributed by atoms with Gasteiger partial charge in [-0.05, 0) is 20.3 Å². The van der Waals surface area contributed by atoms with Crippen LogP contribution in [0.4, 0.5) is 0 Å². The molecule has 0 aromatic heterocycles. The van der Waals surface area contributed by atoms with Crippen LogP contribution in [0.2, 0.25) is 0 Å². The first-order valence-corrected chi connectivity index (χ1v) is 4.04. The van der Waals surface area contributed by atoms with Crippen molar-refractivity contribution in [2.75, 3.05) is 6.61 Å². The third kappa shape index (κ3) is 3.99. The van der Waals surface area contributed by atoms with E-state index in [9.17, 15) is 0 Å². The Morgan fingerprint density at radius 2 is 1.91 bits per heavy atom. The Morgan fingerprint density at radius 1 is 1.27 bits per heavy atom. The van der Waals surface area contributed by atoms with Gasteiger partial charge in [-0.2, -0.15) is 0 Å². The first kappa shape index (κ1) is 10.4. The molecule has 11 heavy (non-hydrogen) atoms. The molecule has 0 radical (unpaired) electrons. The fraction of sp³-hybridized carbons (Fsp3) is 0.600. The molecule has 1 nitrogen and oxygen atoms in total. The molecule has 1 N–H and O–H groups in total. The Labute approximate surface area is 69.4 Å². The Balaban J connectivity index is 4.09. The van der Waals surface area contributed by atoms with Gasteiger partial charge in [0.25, 0.3) is 0 Å². The van der Waals surface area contributed by atoms with E-state index in [4.69, 9.17) is 5.11 Å². The average Bonchev–Trinajstić information content (AvgIpc) is 2.02. The van der Waals surface area contributed by atoms with Crippen LogP contribution >= 0.6 is 0 Å². The van der Waals surface area contributed by atoms with Crippen molar-refractivity contribution in [2.45, 2.75) is 27.2 Å². The molecule has 0 saturated carbocycles. The SMILES string of the molecule is CC=CCC(C)(C=CC)CO. The first-order valence-electron chi connectivity index (χ1n) is 4.04. The van der Waals surface area contributed by atoms with Crippen molar-refractivity contribution in [3.05, 3.63) is 24.3 Å². The second-order valence-corrected chi connectivity index (χ2v) is 3.09. The molecule has 0 aliphatic heterocycles. The van der Waals surface area contributed by atoms with Gasteiger partial charge >= 0.3 is 0 Å². The number of aliphatic hydroxyl groups is 1. The lowest BCUT2D eigenvalue weighted by Crippen LogP contribution is -2.17. The van der Waals surface area contributed by atoms with Gasteiger partial charge in [-0.3, -0.25) is 0 Å². The number of rotatable bonds is 4. The average molecular weight is 154 g/mol. The highest BCUT2D eigenvalue weighted by Gasteiger charge is 2.16. The summed E-state index contributed by atoms with van der Waals surface area (Å²) >= 11 is 0. The Bertz CT molecular complexity index is 147. The summed E-state index contributed by atoms with van der Waals surface area (Å²) in [5.74, 6) is 0. The van der Waals surface area contributed by atoms with Crippen LogP contribution in [0.1, 0.15) is 27.2 Å². The van der Waals surface area contributed by atoms with Crippen molar-refractivity contribution in [1.82, 2.24) is 0 Å². The molecule has 0 aliphatic rings. The van der Waals surface area contributed by atoms with Crippen LogP contribution in [0, 0.1) is 5.41 Å². The standard InChI is InChI=1S/C10H18O/c1-4-6-8-10(3,9-11)7-5-2/h4-7,11H,8-9H2,1-3H3. The van der Waals surface area contributed by atoms with E-state index in [1.54, 1.807) is 0 Å². The van der Waals surface area contributed by atoms with Crippen LogP contribution in [-0.4, -0.2) is 11.7 Å². The molecule has 0 spiro atoms. The second kappa shape index (κ2) is 5.14. The molecule has 0 heterocycles. The molecule has 0 amide bonds. The number of allylic oxidation sites excluding steroid dienone is 3. The molecule has 0 aromatic carbocycles. The Hall–Kier alpha value is -0.560. The van der Waals surface area contributed by atoms with Crippen LogP contribution in [-0.2, 0) is 0 Å². The van der Waals surface area contributed by atoms with Gasteiger partial charge in [0.1, 0.15) is 0 Å². The second-order valence-electron chi connectivity index (χ2n) is 3.09. The zero-order valence-corrected chi connectivity index (χ0v) is 7.67. The maximum Gasteiger partial charge on any atom is 0.0522 e. The topological polar surface area (TPSA) is 20.2 Å². The lowest BCUT2D eigenvalue weighted by Gasteiger charge is -2.20. The summed E-state index contributed by atoms with van der Waals surface area (Å²) < 4.78 is 0. The molecule has 0 rings (SSSR count). The molecular formula is C10H18O. The summed E-state index contributed by atoms with van der Waals surface area (Å²) in [6.07, 6.45) is 9.03. The molecule has 0 aliphatic carbocycles. The highest BCUT2D eigenvalue weighted by molar-refractivity contribution is 5.00. The van der Waals surface area contributed by atoms with Gasteiger partial charge in [0.15, 0.2) is 0 Å². The maximum atomic E-state index is 9.06. The van der Waals surface area contributed by atoms with Crippen molar-refractivity contribution < 1.29 is 5.11 Å². The molecule has 0 bridgehead atoms. The van der Waals surface area contributed by atoms with E-state index >= 15 is 0 Å². The van der Waals surface area contributed by atoms with E-state index in [1.165, 1.54) is 0 Å². The third-order valence-electron chi connectivity index (χ3n) is 1.75. The van der Waals surface area contributed by atoms with Crippen LogP contribution in [0.3, 0.4) is 0 Å². The van der Waals surface area contributed by atoms with Gasteiger partial charge in [0, 0.05) is 5.41 Å². The van der Waals surface area contributed by atoms with Gasteiger partial charge in [-0.15, -0.1) is 0 Å². The van der Waals surface area contributed by atoms with E-state index in [0.29, 0.717) is 0 Å². The maximum absolute atomic E-state index is 9.06. The largest absolute Gasteiger partial charge is 0.395 e. The number of hydrogen-bond acceptors (Lipinski definition) is 1. The third-order valence-corrected chi connectivity index (χ3v) is 1.75. The normalized spacial score (nSPS) is 17.8. The summed E-state index contributed by atoms with van der Waals surface area (Å²) in [5, 5.41) is 9.06. The summed E-state index contributed by atoms with van der Waals surface area (Å²) in [4.78, 5) is 0. The van der Waals surface area contributed by atoms with E-state index in [1.807, 2.05) is 39.0 Å². The lowest BCUT2D eigenvalue weighted by atomic mass is 9.87. The summed E-state index contributed by atoms with van der Waals surface area (Å²) in [7, 11) is 0. The van der Waals surface area contributed by atoms with Crippen LogP contribution in [0.25, 0.3) is 0 Å². The minimum Gasteiger partial charge on any atom is -0.395 e. The zero-order valence-electron chi connectivity index (χ0n) is 7.67. The van der Waals surface area contributed by atoms with Crippen LogP contribution in [0.5, 0.6) is 0 Å². The van der Waals surface area contributed by atoms with Gasteiger partial charge in [-0.25, -0.2) is 0 Å². The summed E-state index contributed by atoms with van der Waals surface area (Å²) in [6, 6.07) is 0. The smallest absolute Gasteiger partial charge is 0.0522 e. The van der Waals surface area contributed by atoms with Crippen molar-refractivity contribution in [1.29, 1.82) is 0 Å². The predicted molar refractivity (Wildman–Crippen MR) is 49.4 cm³/mol. The summed E-state index contributed by atoms with van der Waals surface area (Å²) in [5.41, 5.74) is -0.0682. The van der Waals surface area contributed by atoms with E-state index in [-0.39, 0.29) is 12.0 Å². The molecular weight excluding hydrogens is 136 g/mol. The molecule has 0 aromatic rings. The van der Waals surface area contributed by atoms with Crippen LogP contribution < -0.4 is 0 Å². The molecule has 1 atom stereocenters. The number of hydrogen-bond donors (Lipinski definition) is 1. The Kier molecular flexibility index (Phi) is 4.88. The molecule has 1 unspecified atom stereocenters. The van der Waals surface area contributed by atoms with Crippen molar-refractivity contribution in [2.24, 2.45) is 5.41 Å². The Morgan fingerprint density at radius 3 is 2.27 bits per heavy atom. The van der Waals surface area contributed by atoms with Gasteiger partial charge in [0.05, 0.1) is 6.61 Å². The first-order chi connectivity index (χ1) is 5.18. The summed E-state index contributed by atoms with van der Waals surface area (Å²) in [6.45, 7) is 6.23. The molecule has 0 saturated heterocycles. The monoisotopic (exact) mass is 154 g/mol. The minimum absolute atomic E-state index is 0.0682. The molecule has 0 fully saturated rings. The van der Waals surface area contributed by atoms with E-state index in [2.05, 4.69) is 6.08 Å². The van der Waals surface area contributed by atoms with Crippen molar-refractivity contribution >= 4 is 0 Å². The van der Waals surface area contributed by atoms with Crippen LogP contribution in [0.15, 0.2) is 24.3 Å². The highest BCUT2D eigenvalue weighted by Crippen LogP contribution is 2.22. The fourth-order valence-corrected chi connectivity index (χ4v) is 0.975. The van der Waals surface area contributed by atoms with E-state index < -0.39 is 0 Å². The van der Waals surface area contributed by atoms with E-state index in [0.717, 1.165) is 6.42 Å².